The van der Waals surface area contributed by atoms with Crippen LogP contribution in [0.25, 0.3) is 16.8 Å². The van der Waals surface area contributed by atoms with E-state index in [0.717, 1.165) is 35.9 Å². The predicted octanol–water partition coefficient (Wildman–Crippen LogP) is 6.71. The van der Waals surface area contributed by atoms with Crippen molar-refractivity contribution in [2.45, 2.75) is 27.4 Å². The highest BCUT2D eigenvalue weighted by Crippen LogP contribution is 2.36. The number of fused-ring (bicyclic) bond motifs is 1. The smallest absolute Gasteiger partial charge is 0.335 e. The van der Waals surface area contributed by atoms with Gasteiger partial charge in [-0.05, 0) is 95.1 Å². The number of aryl methyl sites for hydroxylation is 2. The number of anilines is 1. The second-order valence-electron chi connectivity index (χ2n) is 9.44. The molecular weight excluding hydrogens is 619 g/mol. The Kier molecular flexibility index (Phi) is 7.88. The zero-order valence-corrected chi connectivity index (χ0v) is 24.4. The number of amides is 4. The predicted molar refractivity (Wildman–Crippen MR) is 164 cm³/mol. The molecule has 4 aromatic carbocycles. The number of benzene rings is 4. The Morgan fingerprint density at radius 3 is 2.48 bits per heavy atom. The maximum Gasteiger partial charge on any atom is 0.335 e. The van der Waals surface area contributed by atoms with Crippen LogP contribution in [0.5, 0.6) is 11.5 Å². The summed E-state index contributed by atoms with van der Waals surface area (Å²) in [5.74, 6) is -0.373. The number of carbonyl (C=O) groups excluding carboxylic acids is 3. The molecule has 0 saturated carbocycles. The van der Waals surface area contributed by atoms with Gasteiger partial charge < -0.3 is 9.47 Å². The van der Waals surface area contributed by atoms with Crippen LogP contribution in [0, 0.1) is 17.4 Å². The first-order chi connectivity index (χ1) is 19.3. The molecule has 1 heterocycles. The van der Waals surface area contributed by atoms with Gasteiger partial charge >= 0.3 is 6.03 Å². The maximum absolute atomic E-state index is 13.4. The van der Waals surface area contributed by atoms with Crippen molar-refractivity contribution in [3.63, 3.8) is 0 Å². The summed E-state index contributed by atoms with van der Waals surface area (Å²) in [7, 11) is 0. The molecular formula is C32H27IN2O5. The SMILES string of the molecule is CCOc1cc(/C=C2\C(=O)NC(=O)N(c3ccc(C)cc3C)C2=O)cc(I)c1OCc1cccc2ccccc12. The van der Waals surface area contributed by atoms with Gasteiger partial charge in [0.25, 0.3) is 11.8 Å². The third-order valence-electron chi connectivity index (χ3n) is 6.59. The van der Waals surface area contributed by atoms with Crippen molar-refractivity contribution in [3.8, 4) is 11.5 Å². The number of imide groups is 2. The number of nitrogens with zero attached hydrogens (tertiary/aromatic N) is 1. The summed E-state index contributed by atoms with van der Waals surface area (Å²) in [4.78, 5) is 39.9. The Bertz CT molecular complexity index is 1690. The van der Waals surface area contributed by atoms with E-state index < -0.39 is 17.8 Å². The standard InChI is InChI=1S/C32H27IN2O5/c1-4-39-28-17-21(16-26(33)29(28)40-18-23-10-7-9-22-8-5-6-11-24(22)23)15-25-30(36)34-32(38)35(31(25)37)27-13-12-19(2)14-20(27)3/h5-17H,4,18H2,1-3H3,(H,34,36,38)/b25-15+. The summed E-state index contributed by atoms with van der Waals surface area (Å²) in [6.45, 7) is 6.35. The largest absolute Gasteiger partial charge is 0.490 e. The molecule has 202 valence electrons. The van der Waals surface area contributed by atoms with Crippen LogP contribution in [-0.2, 0) is 16.2 Å². The lowest BCUT2D eigenvalue weighted by molar-refractivity contribution is -0.122. The molecule has 0 unspecified atom stereocenters. The maximum atomic E-state index is 13.4. The molecule has 0 aliphatic carbocycles. The molecule has 8 heteroatoms. The second-order valence-corrected chi connectivity index (χ2v) is 10.6. The molecule has 0 radical (unpaired) electrons. The number of rotatable bonds is 7. The molecule has 0 spiro atoms. The fourth-order valence-corrected chi connectivity index (χ4v) is 5.52. The highest BCUT2D eigenvalue weighted by atomic mass is 127. The number of ether oxygens (including phenoxy) is 2. The molecule has 1 aliphatic rings. The van der Waals surface area contributed by atoms with E-state index >= 15 is 0 Å². The van der Waals surface area contributed by atoms with Crippen molar-refractivity contribution in [2.24, 2.45) is 0 Å². The molecule has 4 amide bonds. The highest BCUT2D eigenvalue weighted by Gasteiger charge is 2.37. The number of urea groups is 1. The summed E-state index contributed by atoms with van der Waals surface area (Å²) in [6, 6.07) is 22.4. The monoisotopic (exact) mass is 646 g/mol. The summed E-state index contributed by atoms with van der Waals surface area (Å²) >= 11 is 2.16. The number of halogens is 1. The average molecular weight is 646 g/mol. The van der Waals surface area contributed by atoms with Gasteiger partial charge in [-0.3, -0.25) is 14.9 Å². The zero-order valence-electron chi connectivity index (χ0n) is 22.3. The zero-order chi connectivity index (χ0) is 28.4. The van der Waals surface area contributed by atoms with Crippen LogP contribution < -0.4 is 19.7 Å². The van der Waals surface area contributed by atoms with E-state index in [1.807, 2.05) is 63.2 Å². The van der Waals surface area contributed by atoms with E-state index in [-0.39, 0.29) is 5.57 Å². The molecule has 5 rings (SSSR count). The molecule has 4 aromatic rings. The number of hydrogen-bond acceptors (Lipinski definition) is 5. The van der Waals surface area contributed by atoms with Crippen LogP contribution in [0.15, 0.2) is 78.4 Å². The van der Waals surface area contributed by atoms with Crippen molar-refractivity contribution >= 4 is 63.0 Å². The van der Waals surface area contributed by atoms with Gasteiger partial charge in [-0.15, -0.1) is 0 Å². The minimum atomic E-state index is -0.777. The van der Waals surface area contributed by atoms with Crippen molar-refractivity contribution in [1.29, 1.82) is 0 Å². The quantitative estimate of drug-likeness (QED) is 0.137. The fraction of sp³-hybridized carbons (Fsp3) is 0.156. The van der Waals surface area contributed by atoms with Gasteiger partial charge in [0, 0.05) is 0 Å². The van der Waals surface area contributed by atoms with E-state index in [1.165, 1.54) is 6.08 Å². The average Bonchev–Trinajstić information content (AvgIpc) is 2.92. The van der Waals surface area contributed by atoms with E-state index in [9.17, 15) is 14.4 Å². The lowest BCUT2D eigenvalue weighted by atomic mass is 10.0. The molecule has 40 heavy (non-hydrogen) atoms. The Hall–Kier alpha value is -4.18. The summed E-state index contributed by atoms with van der Waals surface area (Å²) < 4.78 is 12.9. The first kappa shape index (κ1) is 27.4. The van der Waals surface area contributed by atoms with E-state index in [1.54, 1.807) is 12.1 Å². The lowest BCUT2D eigenvalue weighted by Gasteiger charge is -2.27. The van der Waals surface area contributed by atoms with Crippen molar-refractivity contribution in [3.05, 3.63) is 104 Å². The molecule has 1 N–H and O–H groups in total. The van der Waals surface area contributed by atoms with Gasteiger partial charge in [-0.2, -0.15) is 0 Å². The Labute approximate surface area is 245 Å². The van der Waals surface area contributed by atoms with Gasteiger partial charge in [0.05, 0.1) is 15.9 Å². The molecule has 7 nitrogen and oxygen atoms in total. The first-order valence-corrected chi connectivity index (χ1v) is 13.9. The lowest BCUT2D eigenvalue weighted by Crippen LogP contribution is -2.54. The molecule has 0 atom stereocenters. The molecule has 1 fully saturated rings. The second kappa shape index (κ2) is 11.5. The minimum Gasteiger partial charge on any atom is -0.490 e. The Morgan fingerprint density at radius 2 is 1.70 bits per heavy atom. The number of carbonyl (C=O) groups is 3. The van der Waals surface area contributed by atoms with Crippen LogP contribution in [0.2, 0.25) is 0 Å². The first-order valence-electron chi connectivity index (χ1n) is 12.8. The Balaban J connectivity index is 1.47. The van der Waals surface area contributed by atoms with Crippen LogP contribution in [0.3, 0.4) is 0 Å². The number of hydrogen-bond donors (Lipinski definition) is 1. The normalized spacial score (nSPS) is 14.6. The molecule has 0 bridgehead atoms. The molecule has 1 saturated heterocycles. The third-order valence-corrected chi connectivity index (χ3v) is 7.39. The van der Waals surface area contributed by atoms with Crippen LogP contribution >= 0.6 is 22.6 Å². The highest BCUT2D eigenvalue weighted by molar-refractivity contribution is 14.1. The van der Waals surface area contributed by atoms with Crippen LogP contribution in [0.1, 0.15) is 29.2 Å². The van der Waals surface area contributed by atoms with E-state index in [0.29, 0.717) is 36.0 Å². The van der Waals surface area contributed by atoms with Gasteiger partial charge in [-0.1, -0.05) is 60.2 Å². The fourth-order valence-electron chi connectivity index (χ4n) is 4.74. The Morgan fingerprint density at radius 1 is 0.925 bits per heavy atom. The van der Waals surface area contributed by atoms with Gasteiger partial charge in [0.1, 0.15) is 12.2 Å². The summed E-state index contributed by atoms with van der Waals surface area (Å²) in [6.07, 6.45) is 1.47. The van der Waals surface area contributed by atoms with Gasteiger partial charge in [0.15, 0.2) is 11.5 Å². The minimum absolute atomic E-state index is 0.151. The third kappa shape index (κ3) is 5.44. The van der Waals surface area contributed by atoms with Crippen molar-refractivity contribution in [1.82, 2.24) is 5.32 Å². The summed E-state index contributed by atoms with van der Waals surface area (Å²) in [5.41, 5.74) is 3.63. The van der Waals surface area contributed by atoms with Crippen LogP contribution in [-0.4, -0.2) is 24.5 Å². The molecule has 1 aliphatic heterocycles. The van der Waals surface area contributed by atoms with E-state index in [2.05, 4.69) is 46.1 Å². The van der Waals surface area contributed by atoms with Gasteiger partial charge in [-0.25, -0.2) is 9.69 Å². The van der Waals surface area contributed by atoms with E-state index in [4.69, 9.17) is 9.47 Å². The number of barbiturate groups is 1. The molecule has 0 aromatic heterocycles. The summed E-state index contributed by atoms with van der Waals surface area (Å²) in [5, 5.41) is 4.54. The van der Waals surface area contributed by atoms with Crippen LogP contribution in [0.4, 0.5) is 10.5 Å². The topological polar surface area (TPSA) is 84.9 Å². The van der Waals surface area contributed by atoms with Crippen molar-refractivity contribution in [2.75, 3.05) is 11.5 Å². The number of nitrogens with one attached hydrogen (secondary N) is 1. The van der Waals surface area contributed by atoms with Gasteiger partial charge in [0.2, 0.25) is 0 Å². The van der Waals surface area contributed by atoms with Crippen molar-refractivity contribution < 1.29 is 23.9 Å².